The zero-order valence-electron chi connectivity index (χ0n) is 13.6. The summed E-state index contributed by atoms with van der Waals surface area (Å²) in [6, 6.07) is 13.3. The zero-order chi connectivity index (χ0) is 17.9. The fourth-order valence-corrected chi connectivity index (χ4v) is 3.73. The summed E-state index contributed by atoms with van der Waals surface area (Å²) < 4.78 is 37.1. The first kappa shape index (κ1) is 17.2. The maximum Gasteiger partial charge on any atom is 0.244 e. The molecule has 0 atom stereocenters. The second-order valence-corrected chi connectivity index (χ2v) is 7.38. The number of rotatable bonds is 5. The highest BCUT2D eigenvalue weighted by atomic mass is 32.2. The van der Waals surface area contributed by atoms with Gasteiger partial charge in [0.05, 0.1) is 18.7 Å². The van der Waals surface area contributed by atoms with Gasteiger partial charge in [-0.1, -0.05) is 0 Å². The molecule has 1 aliphatic rings. The Morgan fingerprint density at radius 2 is 1.52 bits per heavy atom. The molecule has 0 radical (unpaired) electrons. The van der Waals surface area contributed by atoms with Crippen LogP contribution in [0.2, 0.25) is 0 Å². The summed E-state index contributed by atoms with van der Waals surface area (Å²) in [7, 11) is -2.05. The number of carbonyl (C=O) groups excluding carboxylic acids is 1. The van der Waals surface area contributed by atoms with Crippen molar-refractivity contribution in [3.63, 3.8) is 0 Å². The first-order chi connectivity index (χ1) is 12.0. The maximum atomic E-state index is 12.6. The van der Waals surface area contributed by atoms with Gasteiger partial charge in [0, 0.05) is 13.0 Å². The van der Waals surface area contributed by atoms with Crippen molar-refractivity contribution in [3.05, 3.63) is 48.5 Å². The molecule has 0 unspecified atom stereocenters. The van der Waals surface area contributed by atoms with Crippen molar-refractivity contribution in [2.45, 2.75) is 11.3 Å². The Bertz CT molecular complexity index is 838. The van der Waals surface area contributed by atoms with E-state index in [1.807, 2.05) is 0 Å². The van der Waals surface area contributed by atoms with Crippen LogP contribution in [0.5, 0.6) is 17.2 Å². The monoisotopic (exact) mass is 362 g/mol. The van der Waals surface area contributed by atoms with Gasteiger partial charge >= 0.3 is 0 Å². The van der Waals surface area contributed by atoms with Crippen molar-refractivity contribution in [1.82, 2.24) is 9.62 Å². The lowest BCUT2D eigenvalue weighted by Crippen LogP contribution is -2.47. The number of amides is 1. The van der Waals surface area contributed by atoms with Gasteiger partial charge in [-0.05, 0) is 48.5 Å². The van der Waals surface area contributed by atoms with Crippen LogP contribution in [-0.2, 0) is 14.8 Å². The first-order valence-corrected chi connectivity index (χ1v) is 9.12. The quantitative estimate of drug-likeness (QED) is 0.879. The topological polar surface area (TPSA) is 84.9 Å². The van der Waals surface area contributed by atoms with Crippen molar-refractivity contribution in [2.75, 3.05) is 20.3 Å². The molecule has 0 aliphatic carbocycles. The second kappa shape index (κ2) is 7.12. The fourth-order valence-electron chi connectivity index (χ4n) is 2.38. The van der Waals surface area contributed by atoms with E-state index < -0.39 is 10.0 Å². The molecule has 25 heavy (non-hydrogen) atoms. The highest BCUT2D eigenvalue weighted by Crippen LogP contribution is 2.26. The van der Waals surface area contributed by atoms with Crippen LogP contribution in [0.4, 0.5) is 0 Å². The minimum atomic E-state index is -3.64. The standard InChI is InChI=1S/C17H18N2O5S/c1-23-13-2-4-14(5-3-13)24-15-6-8-16(9-7-15)25(21,22)19-11-10-17(20)18-12-19/h2-9H,10-12H2,1H3,(H,18,20). The number of nitrogens with zero attached hydrogens (tertiary/aromatic N) is 1. The Hall–Kier alpha value is -2.58. The van der Waals surface area contributed by atoms with Crippen molar-refractivity contribution < 1.29 is 22.7 Å². The minimum Gasteiger partial charge on any atom is -0.497 e. The summed E-state index contributed by atoms with van der Waals surface area (Å²) >= 11 is 0. The average molecular weight is 362 g/mol. The van der Waals surface area contributed by atoms with Crippen LogP contribution in [0.1, 0.15) is 6.42 Å². The van der Waals surface area contributed by atoms with Crippen LogP contribution in [0.3, 0.4) is 0 Å². The number of nitrogens with one attached hydrogen (secondary N) is 1. The van der Waals surface area contributed by atoms with Gasteiger partial charge in [0.2, 0.25) is 15.9 Å². The molecule has 0 saturated carbocycles. The van der Waals surface area contributed by atoms with E-state index in [0.29, 0.717) is 11.5 Å². The lowest BCUT2D eigenvalue weighted by Gasteiger charge is -2.26. The summed E-state index contributed by atoms with van der Waals surface area (Å²) in [6.45, 7) is 0.170. The van der Waals surface area contributed by atoms with Gasteiger partial charge in [0.1, 0.15) is 17.2 Å². The van der Waals surface area contributed by atoms with Gasteiger partial charge < -0.3 is 14.8 Å². The lowest BCUT2D eigenvalue weighted by atomic mass is 10.3. The van der Waals surface area contributed by atoms with E-state index in [4.69, 9.17) is 9.47 Å². The molecule has 2 aromatic carbocycles. The Morgan fingerprint density at radius 1 is 0.960 bits per heavy atom. The Kier molecular flexibility index (Phi) is 4.91. The smallest absolute Gasteiger partial charge is 0.244 e. The summed E-state index contributed by atoms with van der Waals surface area (Å²) in [5, 5.41) is 2.53. The summed E-state index contributed by atoms with van der Waals surface area (Å²) in [5.41, 5.74) is 0. The molecule has 7 nitrogen and oxygen atoms in total. The molecule has 2 aromatic rings. The molecule has 0 spiro atoms. The van der Waals surface area contributed by atoms with Crippen LogP contribution in [0, 0.1) is 0 Å². The largest absolute Gasteiger partial charge is 0.497 e. The second-order valence-electron chi connectivity index (χ2n) is 5.44. The highest BCUT2D eigenvalue weighted by Gasteiger charge is 2.28. The van der Waals surface area contributed by atoms with E-state index in [1.165, 1.54) is 16.4 Å². The molecule has 1 aliphatic heterocycles. The predicted octanol–water partition coefficient (Wildman–Crippen LogP) is 1.96. The van der Waals surface area contributed by atoms with Crippen LogP contribution in [-0.4, -0.2) is 39.0 Å². The Labute approximate surface area is 146 Å². The summed E-state index contributed by atoms with van der Waals surface area (Å²) in [4.78, 5) is 11.3. The van der Waals surface area contributed by atoms with E-state index >= 15 is 0 Å². The summed E-state index contributed by atoms with van der Waals surface area (Å²) in [5.74, 6) is 1.73. The first-order valence-electron chi connectivity index (χ1n) is 7.68. The number of sulfonamides is 1. The fraction of sp³-hybridized carbons (Fsp3) is 0.235. The predicted molar refractivity (Wildman–Crippen MR) is 91.0 cm³/mol. The molecule has 132 valence electrons. The molecule has 0 aromatic heterocycles. The average Bonchev–Trinajstić information content (AvgIpc) is 2.63. The highest BCUT2D eigenvalue weighted by molar-refractivity contribution is 7.89. The van der Waals surface area contributed by atoms with Crippen LogP contribution in [0.15, 0.2) is 53.4 Å². The van der Waals surface area contributed by atoms with Gasteiger partial charge in [0.25, 0.3) is 0 Å². The van der Waals surface area contributed by atoms with Crippen molar-refractivity contribution in [2.24, 2.45) is 0 Å². The molecular formula is C17H18N2O5S. The SMILES string of the molecule is COc1ccc(Oc2ccc(S(=O)(=O)N3CCC(=O)NC3)cc2)cc1. The molecule has 1 saturated heterocycles. The van der Waals surface area contributed by atoms with Crippen LogP contribution >= 0.6 is 0 Å². The molecule has 0 bridgehead atoms. The normalized spacial score (nSPS) is 15.5. The molecule has 8 heteroatoms. The van der Waals surface area contributed by atoms with Crippen molar-refractivity contribution >= 4 is 15.9 Å². The van der Waals surface area contributed by atoms with Gasteiger partial charge in [-0.15, -0.1) is 0 Å². The van der Waals surface area contributed by atoms with Gasteiger partial charge in [-0.2, -0.15) is 4.31 Å². The van der Waals surface area contributed by atoms with E-state index in [1.54, 1.807) is 43.5 Å². The molecule has 3 rings (SSSR count). The van der Waals surface area contributed by atoms with E-state index in [-0.39, 0.29) is 30.4 Å². The van der Waals surface area contributed by atoms with Gasteiger partial charge in [-0.3, -0.25) is 4.79 Å². The summed E-state index contributed by atoms with van der Waals surface area (Å²) in [6.07, 6.45) is 0.165. The van der Waals surface area contributed by atoms with E-state index in [2.05, 4.69) is 5.32 Å². The molecule has 1 amide bonds. The third-order valence-corrected chi connectivity index (χ3v) is 5.66. The number of benzene rings is 2. The number of hydrogen-bond acceptors (Lipinski definition) is 5. The minimum absolute atomic E-state index is 0.00866. The van der Waals surface area contributed by atoms with E-state index in [9.17, 15) is 13.2 Å². The molecule has 1 N–H and O–H groups in total. The van der Waals surface area contributed by atoms with Gasteiger partial charge in [-0.25, -0.2) is 8.42 Å². The van der Waals surface area contributed by atoms with Gasteiger partial charge in [0.15, 0.2) is 0 Å². The number of carbonyl (C=O) groups is 1. The number of methoxy groups -OCH3 is 1. The third kappa shape index (κ3) is 3.92. The van der Waals surface area contributed by atoms with Crippen molar-refractivity contribution in [3.8, 4) is 17.2 Å². The Balaban J connectivity index is 1.71. The number of hydrogen-bond donors (Lipinski definition) is 1. The zero-order valence-corrected chi connectivity index (χ0v) is 14.5. The van der Waals surface area contributed by atoms with Crippen LogP contribution in [0.25, 0.3) is 0 Å². The Morgan fingerprint density at radius 3 is 2.04 bits per heavy atom. The third-order valence-electron chi connectivity index (χ3n) is 3.80. The van der Waals surface area contributed by atoms with Crippen LogP contribution < -0.4 is 14.8 Å². The molecule has 1 fully saturated rings. The van der Waals surface area contributed by atoms with Crippen molar-refractivity contribution in [1.29, 1.82) is 0 Å². The molecule has 1 heterocycles. The number of ether oxygens (including phenoxy) is 2. The van der Waals surface area contributed by atoms with E-state index in [0.717, 1.165) is 5.75 Å². The molecular weight excluding hydrogens is 344 g/mol. The maximum absolute atomic E-state index is 12.6. The lowest BCUT2D eigenvalue weighted by molar-refractivity contribution is -0.123.